The highest BCUT2D eigenvalue weighted by Crippen LogP contribution is 1.99. The molecule has 0 radical (unpaired) electrons. The van der Waals surface area contributed by atoms with Crippen molar-refractivity contribution in [1.29, 1.82) is 0 Å². The van der Waals surface area contributed by atoms with E-state index in [1.807, 2.05) is 0 Å². The van der Waals surface area contributed by atoms with Crippen LogP contribution in [0.3, 0.4) is 0 Å². The van der Waals surface area contributed by atoms with Gasteiger partial charge in [0, 0.05) is 0 Å². The Morgan fingerprint density at radius 1 is 1.46 bits per heavy atom. The molecule has 76 valence electrons. The summed E-state index contributed by atoms with van der Waals surface area (Å²) in [4.78, 5) is 15.8. The second kappa shape index (κ2) is 6.28. The summed E-state index contributed by atoms with van der Waals surface area (Å²) in [5, 5.41) is 3.54. The van der Waals surface area contributed by atoms with E-state index in [9.17, 15) is 4.79 Å². The first-order chi connectivity index (χ1) is 6.13. The molecule has 0 aliphatic carbocycles. The first-order valence-corrected chi connectivity index (χ1v) is 4.25. The SMILES string of the molecule is CCON=C(N)C(C)C(=O)OCC. The molecule has 0 saturated heterocycles. The minimum Gasteiger partial charge on any atom is -0.465 e. The standard InChI is InChI=1S/C8H16N2O3/c1-4-12-8(11)6(3)7(9)10-13-5-2/h6H,4-5H2,1-3H3,(H2,9,10). The van der Waals surface area contributed by atoms with Gasteiger partial charge in [-0.25, -0.2) is 0 Å². The molecule has 0 aromatic carbocycles. The number of oxime groups is 1. The van der Waals surface area contributed by atoms with E-state index in [0.717, 1.165) is 0 Å². The third-order valence-corrected chi connectivity index (χ3v) is 1.38. The van der Waals surface area contributed by atoms with Crippen LogP contribution in [0.1, 0.15) is 20.8 Å². The number of amidine groups is 1. The fourth-order valence-electron chi connectivity index (χ4n) is 0.606. The van der Waals surface area contributed by atoms with Gasteiger partial charge in [-0.2, -0.15) is 0 Å². The van der Waals surface area contributed by atoms with Gasteiger partial charge in [0.15, 0.2) is 5.84 Å². The zero-order valence-corrected chi connectivity index (χ0v) is 8.24. The molecule has 2 N–H and O–H groups in total. The fourth-order valence-corrected chi connectivity index (χ4v) is 0.606. The number of hydrogen-bond acceptors (Lipinski definition) is 4. The lowest BCUT2D eigenvalue weighted by molar-refractivity contribution is -0.145. The summed E-state index contributed by atoms with van der Waals surface area (Å²) in [7, 11) is 0. The fraction of sp³-hybridized carbons (Fsp3) is 0.750. The van der Waals surface area contributed by atoms with E-state index in [4.69, 9.17) is 15.3 Å². The Morgan fingerprint density at radius 3 is 2.54 bits per heavy atom. The molecular weight excluding hydrogens is 172 g/mol. The monoisotopic (exact) mass is 188 g/mol. The summed E-state index contributed by atoms with van der Waals surface area (Å²) in [6.45, 7) is 5.91. The number of esters is 1. The number of nitrogens with zero attached hydrogens (tertiary/aromatic N) is 1. The van der Waals surface area contributed by atoms with E-state index < -0.39 is 5.92 Å². The van der Waals surface area contributed by atoms with Crippen molar-refractivity contribution >= 4 is 11.8 Å². The summed E-state index contributed by atoms with van der Waals surface area (Å²) in [6.07, 6.45) is 0. The zero-order chi connectivity index (χ0) is 10.3. The average Bonchev–Trinajstić information content (AvgIpc) is 2.13. The molecule has 5 heteroatoms. The quantitative estimate of drug-likeness (QED) is 0.295. The molecule has 1 atom stereocenters. The first-order valence-electron chi connectivity index (χ1n) is 4.25. The van der Waals surface area contributed by atoms with Gasteiger partial charge in [-0.05, 0) is 20.8 Å². The summed E-state index contributed by atoms with van der Waals surface area (Å²) in [5.41, 5.74) is 5.46. The average molecular weight is 188 g/mol. The van der Waals surface area contributed by atoms with Crippen molar-refractivity contribution in [2.75, 3.05) is 13.2 Å². The van der Waals surface area contributed by atoms with Crippen molar-refractivity contribution in [2.45, 2.75) is 20.8 Å². The highest BCUT2D eigenvalue weighted by Gasteiger charge is 2.18. The predicted octanol–water partition coefficient (Wildman–Crippen LogP) is 0.494. The van der Waals surface area contributed by atoms with Crippen molar-refractivity contribution in [3.05, 3.63) is 0 Å². The van der Waals surface area contributed by atoms with E-state index in [-0.39, 0.29) is 11.8 Å². The van der Waals surface area contributed by atoms with Crippen LogP contribution in [0.5, 0.6) is 0 Å². The highest BCUT2D eigenvalue weighted by molar-refractivity contribution is 5.99. The Hall–Kier alpha value is -1.26. The lowest BCUT2D eigenvalue weighted by Crippen LogP contribution is -2.30. The van der Waals surface area contributed by atoms with E-state index in [0.29, 0.717) is 13.2 Å². The lowest BCUT2D eigenvalue weighted by Gasteiger charge is -2.08. The topological polar surface area (TPSA) is 73.9 Å². The molecule has 5 nitrogen and oxygen atoms in total. The van der Waals surface area contributed by atoms with Gasteiger partial charge in [0.05, 0.1) is 6.61 Å². The van der Waals surface area contributed by atoms with E-state index in [2.05, 4.69) is 5.16 Å². The molecule has 0 saturated carbocycles. The zero-order valence-electron chi connectivity index (χ0n) is 8.24. The van der Waals surface area contributed by atoms with Gasteiger partial charge in [0.1, 0.15) is 12.5 Å². The van der Waals surface area contributed by atoms with Crippen LogP contribution in [0.4, 0.5) is 0 Å². The minimum absolute atomic E-state index is 0.139. The molecule has 0 aliphatic heterocycles. The van der Waals surface area contributed by atoms with Gasteiger partial charge in [0.2, 0.25) is 0 Å². The van der Waals surface area contributed by atoms with Crippen LogP contribution < -0.4 is 5.73 Å². The number of rotatable bonds is 5. The maximum atomic E-state index is 11.1. The van der Waals surface area contributed by atoms with Gasteiger partial charge in [-0.3, -0.25) is 4.79 Å². The molecule has 0 aliphatic rings. The highest BCUT2D eigenvalue weighted by atomic mass is 16.6. The first kappa shape index (κ1) is 11.7. The van der Waals surface area contributed by atoms with Crippen LogP contribution in [-0.2, 0) is 14.4 Å². The molecule has 1 unspecified atom stereocenters. The smallest absolute Gasteiger partial charge is 0.316 e. The number of nitrogens with two attached hydrogens (primary N) is 1. The van der Waals surface area contributed by atoms with Gasteiger partial charge in [-0.1, -0.05) is 5.16 Å². The minimum atomic E-state index is -0.550. The Morgan fingerprint density at radius 2 is 2.08 bits per heavy atom. The largest absolute Gasteiger partial charge is 0.465 e. The number of carbonyl (C=O) groups excluding carboxylic acids is 1. The Kier molecular flexibility index (Phi) is 5.67. The third kappa shape index (κ3) is 4.35. The van der Waals surface area contributed by atoms with E-state index >= 15 is 0 Å². The van der Waals surface area contributed by atoms with Crippen molar-refractivity contribution in [2.24, 2.45) is 16.8 Å². The molecule has 0 aromatic rings. The molecule has 0 amide bonds. The van der Waals surface area contributed by atoms with Gasteiger partial charge in [0.25, 0.3) is 0 Å². The number of carbonyl (C=O) groups is 1. The van der Waals surface area contributed by atoms with Gasteiger partial charge < -0.3 is 15.3 Å². The molecule has 0 fully saturated rings. The number of hydrogen-bond donors (Lipinski definition) is 1. The molecule has 13 heavy (non-hydrogen) atoms. The summed E-state index contributed by atoms with van der Waals surface area (Å²) in [6, 6.07) is 0. The molecule has 0 aromatic heterocycles. The lowest BCUT2D eigenvalue weighted by atomic mass is 10.2. The van der Waals surface area contributed by atoms with E-state index in [1.165, 1.54) is 0 Å². The Balaban J connectivity index is 4.07. The van der Waals surface area contributed by atoms with Crippen molar-refractivity contribution in [1.82, 2.24) is 0 Å². The molecular formula is C8H16N2O3. The predicted molar refractivity (Wildman–Crippen MR) is 49.0 cm³/mol. The summed E-state index contributed by atoms with van der Waals surface area (Å²) < 4.78 is 4.75. The molecule has 0 heterocycles. The van der Waals surface area contributed by atoms with Crippen molar-refractivity contribution in [3.8, 4) is 0 Å². The van der Waals surface area contributed by atoms with Crippen LogP contribution in [0.15, 0.2) is 5.16 Å². The molecule has 0 spiro atoms. The van der Waals surface area contributed by atoms with Crippen LogP contribution in [-0.4, -0.2) is 25.0 Å². The Bertz CT molecular complexity index is 192. The summed E-state index contributed by atoms with van der Waals surface area (Å²) in [5.74, 6) is -0.796. The van der Waals surface area contributed by atoms with E-state index in [1.54, 1.807) is 20.8 Å². The normalized spacial score (nSPS) is 13.6. The van der Waals surface area contributed by atoms with Crippen molar-refractivity contribution in [3.63, 3.8) is 0 Å². The van der Waals surface area contributed by atoms with Gasteiger partial charge >= 0.3 is 5.97 Å². The Labute approximate surface area is 77.9 Å². The maximum absolute atomic E-state index is 11.1. The van der Waals surface area contributed by atoms with Crippen LogP contribution >= 0.6 is 0 Å². The third-order valence-electron chi connectivity index (χ3n) is 1.38. The molecule has 0 bridgehead atoms. The maximum Gasteiger partial charge on any atom is 0.316 e. The molecule has 0 rings (SSSR count). The second-order valence-electron chi connectivity index (χ2n) is 2.41. The van der Waals surface area contributed by atoms with Gasteiger partial charge in [-0.15, -0.1) is 0 Å². The van der Waals surface area contributed by atoms with Crippen LogP contribution in [0, 0.1) is 5.92 Å². The second-order valence-corrected chi connectivity index (χ2v) is 2.41. The van der Waals surface area contributed by atoms with Crippen LogP contribution in [0.25, 0.3) is 0 Å². The number of ether oxygens (including phenoxy) is 1. The van der Waals surface area contributed by atoms with Crippen LogP contribution in [0.2, 0.25) is 0 Å². The van der Waals surface area contributed by atoms with Crippen molar-refractivity contribution < 1.29 is 14.4 Å². The summed E-state index contributed by atoms with van der Waals surface area (Å²) >= 11 is 0.